The highest BCUT2D eigenvalue weighted by molar-refractivity contribution is 5.82. The predicted molar refractivity (Wildman–Crippen MR) is 99.2 cm³/mol. The Morgan fingerprint density at radius 3 is 1.96 bits per heavy atom. The van der Waals surface area contributed by atoms with Gasteiger partial charge in [-0.2, -0.15) is 0 Å². The molecule has 3 aromatic rings. The van der Waals surface area contributed by atoms with Gasteiger partial charge >= 0.3 is 0 Å². The first-order valence-electron chi connectivity index (χ1n) is 8.60. The maximum absolute atomic E-state index is 12.8. The van der Waals surface area contributed by atoms with E-state index >= 15 is 0 Å². The average molecular weight is 345 g/mol. The summed E-state index contributed by atoms with van der Waals surface area (Å²) in [5.41, 5.74) is 2.04. The number of hydrogen-bond donors (Lipinski definition) is 1. The van der Waals surface area contributed by atoms with Crippen LogP contribution in [0.5, 0.6) is 11.5 Å². The molecule has 1 aliphatic rings. The highest BCUT2D eigenvalue weighted by Crippen LogP contribution is 2.31. The van der Waals surface area contributed by atoms with Crippen molar-refractivity contribution in [2.45, 2.75) is 12.1 Å². The van der Waals surface area contributed by atoms with Crippen molar-refractivity contribution in [2.75, 3.05) is 6.61 Å². The summed E-state index contributed by atoms with van der Waals surface area (Å²) in [5.74, 6) is 1.06. The number of ether oxygens (including phenoxy) is 2. The first-order valence-corrected chi connectivity index (χ1v) is 8.60. The van der Waals surface area contributed by atoms with Crippen LogP contribution in [-0.4, -0.2) is 18.6 Å². The second kappa shape index (κ2) is 7.31. The van der Waals surface area contributed by atoms with Gasteiger partial charge in [0.1, 0.15) is 6.61 Å². The molecule has 1 aliphatic heterocycles. The Balaban J connectivity index is 1.56. The molecule has 0 radical (unpaired) electrons. The molecule has 0 saturated heterocycles. The number of fused-ring (bicyclic) bond motifs is 1. The van der Waals surface area contributed by atoms with Crippen LogP contribution < -0.4 is 14.8 Å². The maximum Gasteiger partial charge on any atom is 0.265 e. The van der Waals surface area contributed by atoms with E-state index in [-0.39, 0.29) is 18.6 Å². The normalized spacial score (nSPS) is 15.5. The molecule has 0 aromatic heterocycles. The largest absolute Gasteiger partial charge is 0.485 e. The molecule has 0 aliphatic carbocycles. The van der Waals surface area contributed by atoms with Crippen molar-refractivity contribution in [2.24, 2.45) is 0 Å². The lowest BCUT2D eigenvalue weighted by atomic mass is 9.98. The number of carbonyl (C=O) groups excluding carboxylic acids is 1. The third-order valence-corrected chi connectivity index (χ3v) is 4.35. The number of nitrogens with one attached hydrogen (secondary N) is 1. The molecule has 1 N–H and O–H groups in total. The van der Waals surface area contributed by atoms with Crippen LogP contribution in [0.15, 0.2) is 84.9 Å². The quantitative estimate of drug-likeness (QED) is 0.784. The van der Waals surface area contributed by atoms with Gasteiger partial charge in [0.2, 0.25) is 6.10 Å². The van der Waals surface area contributed by atoms with Gasteiger partial charge in [-0.25, -0.2) is 0 Å². The Morgan fingerprint density at radius 1 is 0.808 bits per heavy atom. The lowest BCUT2D eigenvalue weighted by molar-refractivity contribution is -0.130. The van der Waals surface area contributed by atoms with E-state index in [0.29, 0.717) is 11.5 Å². The van der Waals surface area contributed by atoms with E-state index < -0.39 is 6.10 Å². The van der Waals surface area contributed by atoms with Crippen LogP contribution in [0.25, 0.3) is 0 Å². The van der Waals surface area contributed by atoms with Gasteiger partial charge in [-0.15, -0.1) is 0 Å². The molecule has 1 amide bonds. The summed E-state index contributed by atoms with van der Waals surface area (Å²) >= 11 is 0. The summed E-state index contributed by atoms with van der Waals surface area (Å²) in [6, 6.07) is 26.9. The van der Waals surface area contributed by atoms with Gasteiger partial charge in [-0.05, 0) is 23.3 Å². The molecule has 4 heteroatoms. The number of hydrogen-bond acceptors (Lipinski definition) is 3. The molecule has 0 bridgehead atoms. The van der Waals surface area contributed by atoms with Gasteiger partial charge in [0.05, 0.1) is 6.04 Å². The number of carbonyl (C=O) groups is 1. The Labute approximate surface area is 152 Å². The minimum Gasteiger partial charge on any atom is -0.485 e. The van der Waals surface area contributed by atoms with Crippen molar-refractivity contribution in [3.8, 4) is 11.5 Å². The van der Waals surface area contributed by atoms with Crippen molar-refractivity contribution < 1.29 is 14.3 Å². The summed E-state index contributed by atoms with van der Waals surface area (Å²) in [7, 11) is 0. The Hall–Kier alpha value is -3.27. The molecule has 3 aromatic carbocycles. The number of benzene rings is 3. The topological polar surface area (TPSA) is 47.6 Å². The molecule has 1 heterocycles. The standard InChI is InChI=1S/C22H19NO3/c24-22(20-15-25-18-13-7-8-14-19(18)26-20)23-21(16-9-3-1-4-10-16)17-11-5-2-6-12-17/h1-14,20-21H,15H2,(H,23,24)/t20-/m1/s1. The Kier molecular flexibility index (Phi) is 4.56. The summed E-state index contributed by atoms with van der Waals surface area (Å²) in [6.45, 7) is 0.194. The van der Waals surface area contributed by atoms with Crippen LogP contribution in [0.1, 0.15) is 17.2 Å². The smallest absolute Gasteiger partial charge is 0.265 e. The lowest BCUT2D eigenvalue weighted by Crippen LogP contribution is -2.45. The third-order valence-electron chi connectivity index (χ3n) is 4.35. The van der Waals surface area contributed by atoms with E-state index in [0.717, 1.165) is 11.1 Å². The fourth-order valence-corrected chi connectivity index (χ4v) is 3.03. The van der Waals surface area contributed by atoms with E-state index in [9.17, 15) is 4.79 Å². The van der Waals surface area contributed by atoms with Crippen LogP contribution in [0.3, 0.4) is 0 Å². The van der Waals surface area contributed by atoms with Crippen LogP contribution in [0.4, 0.5) is 0 Å². The first kappa shape index (κ1) is 16.2. The molecule has 130 valence electrons. The molecule has 4 nitrogen and oxygen atoms in total. The van der Waals surface area contributed by atoms with Gasteiger partial charge in [-0.1, -0.05) is 72.8 Å². The van der Waals surface area contributed by atoms with E-state index in [2.05, 4.69) is 5.32 Å². The van der Waals surface area contributed by atoms with Gasteiger partial charge in [-0.3, -0.25) is 4.79 Å². The first-order chi connectivity index (χ1) is 12.8. The minimum atomic E-state index is -0.681. The molecule has 1 atom stereocenters. The van der Waals surface area contributed by atoms with Crippen molar-refractivity contribution in [3.63, 3.8) is 0 Å². The van der Waals surface area contributed by atoms with Crippen molar-refractivity contribution in [1.82, 2.24) is 5.32 Å². The van der Waals surface area contributed by atoms with Gasteiger partial charge in [0.25, 0.3) is 5.91 Å². The summed E-state index contributed by atoms with van der Waals surface area (Å²) in [6.07, 6.45) is -0.681. The zero-order valence-electron chi connectivity index (χ0n) is 14.2. The summed E-state index contributed by atoms with van der Waals surface area (Å²) in [5, 5.41) is 3.11. The van der Waals surface area contributed by atoms with Crippen LogP contribution in [-0.2, 0) is 4.79 Å². The van der Waals surface area contributed by atoms with Crippen molar-refractivity contribution in [3.05, 3.63) is 96.1 Å². The van der Waals surface area contributed by atoms with Crippen LogP contribution in [0.2, 0.25) is 0 Å². The van der Waals surface area contributed by atoms with Gasteiger partial charge < -0.3 is 14.8 Å². The van der Waals surface area contributed by atoms with Gasteiger partial charge in [0, 0.05) is 0 Å². The van der Waals surface area contributed by atoms with Gasteiger partial charge in [0.15, 0.2) is 11.5 Å². The molecule has 0 spiro atoms. The second-order valence-electron chi connectivity index (χ2n) is 6.13. The summed E-state index contributed by atoms with van der Waals surface area (Å²) < 4.78 is 11.5. The molecular weight excluding hydrogens is 326 g/mol. The third kappa shape index (κ3) is 3.40. The van der Waals surface area contributed by atoms with E-state index in [4.69, 9.17) is 9.47 Å². The zero-order valence-corrected chi connectivity index (χ0v) is 14.2. The lowest BCUT2D eigenvalue weighted by Gasteiger charge is -2.28. The number of amides is 1. The highest BCUT2D eigenvalue weighted by Gasteiger charge is 2.29. The van der Waals surface area contributed by atoms with Crippen LogP contribution >= 0.6 is 0 Å². The Morgan fingerprint density at radius 2 is 1.35 bits per heavy atom. The number of rotatable bonds is 4. The zero-order chi connectivity index (χ0) is 17.8. The van der Waals surface area contributed by atoms with E-state index in [1.165, 1.54) is 0 Å². The molecule has 0 unspecified atom stereocenters. The molecule has 26 heavy (non-hydrogen) atoms. The molecule has 4 rings (SSSR count). The minimum absolute atomic E-state index is 0.194. The fraction of sp³-hybridized carbons (Fsp3) is 0.136. The van der Waals surface area contributed by atoms with E-state index in [1.54, 1.807) is 6.07 Å². The van der Waals surface area contributed by atoms with E-state index in [1.807, 2.05) is 78.9 Å². The summed E-state index contributed by atoms with van der Waals surface area (Å²) in [4.78, 5) is 12.8. The Bertz CT molecular complexity index is 841. The predicted octanol–water partition coefficient (Wildman–Crippen LogP) is 3.73. The monoisotopic (exact) mass is 345 g/mol. The number of para-hydroxylation sites is 2. The maximum atomic E-state index is 12.8. The average Bonchev–Trinajstić information content (AvgIpc) is 2.72. The van der Waals surface area contributed by atoms with Crippen molar-refractivity contribution >= 4 is 5.91 Å². The second-order valence-corrected chi connectivity index (χ2v) is 6.13. The SMILES string of the molecule is O=C(NC(c1ccccc1)c1ccccc1)[C@H]1COc2ccccc2O1. The molecular formula is C22H19NO3. The van der Waals surface area contributed by atoms with Crippen molar-refractivity contribution in [1.29, 1.82) is 0 Å². The van der Waals surface area contributed by atoms with Crippen LogP contribution in [0, 0.1) is 0 Å². The fourth-order valence-electron chi connectivity index (χ4n) is 3.03. The molecule has 0 fully saturated rings. The molecule has 0 saturated carbocycles. The highest BCUT2D eigenvalue weighted by atomic mass is 16.6.